The Balaban J connectivity index is 0.00000192. The summed E-state index contributed by atoms with van der Waals surface area (Å²) in [7, 11) is 1.40. The van der Waals surface area contributed by atoms with Crippen molar-refractivity contribution < 1.29 is 19.1 Å². The molecule has 0 radical (unpaired) electrons. The quantitative estimate of drug-likeness (QED) is 0.727. The molecule has 8 heteroatoms. The minimum absolute atomic E-state index is 0. The van der Waals surface area contributed by atoms with E-state index in [4.69, 9.17) is 14.5 Å². The molecule has 2 aliphatic heterocycles. The van der Waals surface area contributed by atoms with Gasteiger partial charge in [-0.1, -0.05) is 12.1 Å². The second-order valence-electron chi connectivity index (χ2n) is 7.95. The summed E-state index contributed by atoms with van der Waals surface area (Å²) >= 11 is 0. The van der Waals surface area contributed by atoms with Gasteiger partial charge in [0.05, 0.1) is 31.4 Å². The molecule has 150 valence electrons. The largest absolute Gasteiger partial charge is 0.468 e. The van der Waals surface area contributed by atoms with Crippen LogP contribution < -0.4 is 0 Å². The smallest absolute Gasteiger partial charge is 0.316 e. The fourth-order valence-corrected chi connectivity index (χ4v) is 4.57. The first-order chi connectivity index (χ1) is 13.1. The number of nitrogens with zero attached hydrogens (tertiary/aromatic N) is 3. The average molecular weight is 406 g/mol. The fourth-order valence-electron chi connectivity index (χ4n) is 4.57. The molecule has 3 heterocycles. The third kappa shape index (κ3) is 2.88. The predicted octanol–water partition coefficient (Wildman–Crippen LogP) is 1.98. The number of amides is 1. The van der Waals surface area contributed by atoms with Crippen LogP contribution in [0, 0.1) is 11.3 Å². The number of imidazole rings is 1. The maximum Gasteiger partial charge on any atom is 0.316 e. The van der Waals surface area contributed by atoms with Crippen molar-refractivity contribution in [2.75, 3.05) is 33.4 Å². The molecule has 1 saturated carbocycles. The minimum atomic E-state index is -0.708. The Hall–Kier alpha value is -2.12. The highest BCUT2D eigenvalue weighted by atomic mass is 35.5. The Morgan fingerprint density at radius 2 is 2.11 bits per heavy atom. The Bertz CT molecular complexity index is 925. The van der Waals surface area contributed by atoms with Crippen LogP contribution in [0.5, 0.6) is 0 Å². The number of carbonyl (C=O) groups excluding carboxylic acids is 2. The number of fused-ring (bicyclic) bond motifs is 2. The Labute approximate surface area is 169 Å². The van der Waals surface area contributed by atoms with E-state index in [9.17, 15) is 9.59 Å². The third-order valence-electron chi connectivity index (χ3n) is 6.24. The molecular formula is C20H24ClN3O4. The molecule has 5 rings (SSSR count). The molecule has 1 aromatic carbocycles. The summed E-state index contributed by atoms with van der Waals surface area (Å²) in [6.45, 7) is 2.00. The van der Waals surface area contributed by atoms with Crippen LogP contribution in [0.4, 0.5) is 0 Å². The number of hydrogen-bond donors (Lipinski definition) is 0. The van der Waals surface area contributed by atoms with E-state index in [1.54, 1.807) is 4.90 Å². The summed E-state index contributed by atoms with van der Waals surface area (Å²) in [4.78, 5) is 32.1. The van der Waals surface area contributed by atoms with Crippen LogP contribution in [0.3, 0.4) is 0 Å². The van der Waals surface area contributed by atoms with Gasteiger partial charge >= 0.3 is 5.97 Å². The van der Waals surface area contributed by atoms with Crippen molar-refractivity contribution in [2.24, 2.45) is 11.3 Å². The standard InChI is InChI=1S/C20H23N3O4.ClH/c1-26-19(25)20-11-22(8-14(20)10-27-12-20)17(24)9-23-16-5-3-2-4-15(16)21-18(23)13-6-7-13;/h2-5,13-14H,6-12H2,1H3;1H/t14-,20-;/m0./s1. The van der Waals surface area contributed by atoms with E-state index >= 15 is 0 Å². The molecule has 0 unspecified atom stereocenters. The lowest BCUT2D eigenvalue weighted by Crippen LogP contribution is -2.41. The van der Waals surface area contributed by atoms with Gasteiger partial charge in [-0.15, -0.1) is 12.4 Å². The number of methoxy groups -OCH3 is 1. The zero-order valence-electron chi connectivity index (χ0n) is 15.8. The molecule has 7 nitrogen and oxygen atoms in total. The van der Waals surface area contributed by atoms with Gasteiger partial charge in [0.25, 0.3) is 0 Å². The van der Waals surface area contributed by atoms with Crippen LogP contribution >= 0.6 is 12.4 Å². The maximum atomic E-state index is 13.1. The number of aromatic nitrogens is 2. The zero-order chi connectivity index (χ0) is 18.6. The van der Waals surface area contributed by atoms with E-state index in [0.29, 0.717) is 32.2 Å². The molecule has 0 N–H and O–H groups in total. The molecule has 1 aliphatic carbocycles. The van der Waals surface area contributed by atoms with Gasteiger partial charge in [0.2, 0.25) is 5.91 Å². The van der Waals surface area contributed by atoms with E-state index in [1.165, 1.54) is 7.11 Å². The van der Waals surface area contributed by atoms with E-state index in [0.717, 1.165) is 29.7 Å². The lowest BCUT2D eigenvalue weighted by molar-refractivity contribution is -0.153. The normalized spacial score (nSPS) is 26.2. The van der Waals surface area contributed by atoms with Crippen LogP contribution in [0.1, 0.15) is 24.6 Å². The molecule has 2 aromatic rings. The Morgan fingerprint density at radius 1 is 1.32 bits per heavy atom. The van der Waals surface area contributed by atoms with Gasteiger partial charge in [0.1, 0.15) is 17.8 Å². The van der Waals surface area contributed by atoms with Crippen molar-refractivity contribution in [2.45, 2.75) is 25.3 Å². The van der Waals surface area contributed by atoms with Gasteiger partial charge < -0.3 is 18.9 Å². The number of hydrogen-bond acceptors (Lipinski definition) is 5. The molecule has 3 aliphatic rings. The number of esters is 1. The molecule has 0 bridgehead atoms. The van der Waals surface area contributed by atoms with Gasteiger partial charge in [0.15, 0.2) is 0 Å². The number of rotatable bonds is 4. The number of halogens is 1. The average Bonchev–Trinajstić information content (AvgIpc) is 3.19. The minimum Gasteiger partial charge on any atom is -0.468 e. The van der Waals surface area contributed by atoms with Crippen molar-refractivity contribution >= 4 is 35.3 Å². The first-order valence-electron chi connectivity index (χ1n) is 9.51. The molecule has 2 saturated heterocycles. The van der Waals surface area contributed by atoms with Gasteiger partial charge in [0, 0.05) is 24.9 Å². The van der Waals surface area contributed by atoms with Crippen LogP contribution in [0.15, 0.2) is 24.3 Å². The van der Waals surface area contributed by atoms with Crippen molar-refractivity contribution in [1.29, 1.82) is 0 Å². The topological polar surface area (TPSA) is 73.7 Å². The molecule has 28 heavy (non-hydrogen) atoms. The summed E-state index contributed by atoms with van der Waals surface area (Å²) in [5.74, 6) is 1.23. The summed E-state index contributed by atoms with van der Waals surface area (Å²) < 4.78 is 12.6. The number of carbonyl (C=O) groups is 2. The van der Waals surface area contributed by atoms with Crippen LogP contribution in [0.2, 0.25) is 0 Å². The third-order valence-corrected chi connectivity index (χ3v) is 6.24. The lowest BCUT2D eigenvalue weighted by Gasteiger charge is -2.24. The van der Waals surface area contributed by atoms with Crippen LogP contribution in [0.25, 0.3) is 11.0 Å². The van der Waals surface area contributed by atoms with Crippen molar-refractivity contribution in [1.82, 2.24) is 14.5 Å². The summed E-state index contributed by atoms with van der Waals surface area (Å²) in [5.41, 5.74) is 1.23. The number of benzene rings is 1. The first-order valence-corrected chi connectivity index (χ1v) is 9.51. The van der Waals surface area contributed by atoms with E-state index < -0.39 is 5.41 Å². The summed E-state index contributed by atoms with van der Waals surface area (Å²) in [6.07, 6.45) is 2.26. The Kier molecular flexibility index (Phi) is 4.83. The molecule has 3 fully saturated rings. The van der Waals surface area contributed by atoms with Gasteiger partial charge in [-0.05, 0) is 25.0 Å². The molecular weight excluding hydrogens is 382 g/mol. The van der Waals surface area contributed by atoms with Crippen LogP contribution in [-0.2, 0) is 25.6 Å². The van der Waals surface area contributed by atoms with Gasteiger partial charge in [-0.2, -0.15) is 0 Å². The van der Waals surface area contributed by atoms with E-state index in [1.807, 2.05) is 24.3 Å². The lowest BCUT2D eigenvalue weighted by atomic mass is 9.81. The first kappa shape index (κ1) is 19.2. The predicted molar refractivity (Wildman–Crippen MR) is 104 cm³/mol. The van der Waals surface area contributed by atoms with E-state index in [2.05, 4.69) is 4.57 Å². The van der Waals surface area contributed by atoms with Crippen molar-refractivity contribution in [3.05, 3.63) is 30.1 Å². The Morgan fingerprint density at radius 3 is 2.86 bits per heavy atom. The van der Waals surface area contributed by atoms with Crippen molar-refractivity contribution in [3.63, 3.8) is 0 Å². The molecule has 0 spiro atoms. The maximum absolute atomic E-state index is 13.1. The highest BCUT2D eigenvalue weighted by Crippen LogP contribution is 2.43. The zero-order valence-corrected chi connectivity index (χ0v) is 16.6. The van der Waals surface area contributed by atoms with Gasteiger partial charge in [-0.25, -0.2) is 4.98 Å². The highest BCUT2D eigenvalue weighted by molar-refractivity contribution is 5.85. The molecule has 1 aromatic heterocycles. The second-order valence-corrected chi connectivity index (χ2v) is 7.95. The number of ether oxygens (including phenoxy) is 2. The van der Waals surface area contributed by atoms with Crippen LogP contribution in [-0.4, -0.2) is 59.7 Å². The molecule has 2 atom stereocenters. The summed E-state index contributed by atoms with van der Waals surface area (Å²) in [6, 6.07) is 7.96. The molecule has 1 amide bonds. The number of likely N-dealkylation sites (tertiary alicyclic amines) is 1. The number of para-hydroxylation sites is 2. The monoisotopic (exact) mass is 405 g/mol. The van der Waals surface area contributed by atoms with E-state index in [-0.39, 0.29) is 36.7 Å². The van der Waals surface area contributed by atoms with Crippen molar-refractivity contribution in [3.8, 4) is 0 Å². The summed E-state index contributed by atoms with van der Waals surface area (Å²) in [5, 5.41) is 0. The fraction of sp³-hybridized carbons (Fsp3) is 0.550. The SMILES string of the molecule is COC(=O)[C@@]12COC[C@@H]1CN(C(=O)Cn1c(C3CC3)nc3ccccc31)C2.Cl. The van der Waals surface area contributed by atoms with Gasteiger partial charge in [-0.3, -0.25) is 9.59 Å². The highest BCUT2D eigenvalue weighted by Gasteiger charge is 2.57. The second kappa shape index (κ2) is 7.04.